The van der Waals surface area contributed by atoms with E-state index in [0.717, 1.165) is 26.2 Å². The maximum Gasteiger partial charge on any atom is 0.0701 e. The van der Waals surface area contributed by atoms with Gasteiger partial charge in [-0.15, -0.1) is 0 Å². The molecule has 0 fully saturated rings. The van der Waals surface area contributed by atoms with Crippen LogP contribution in [0.4, 0.5) is 11.4 Å². The third-order valence-corrected chi connectivity index (χ3v) is 2.88. The molecule has 0 saturated heterocycles. The van der Waals surface area contributed by atoms with Gasteiger partial charge >= 0.3 is 0 Å². The quantitative estimate of drug-likeness (QED) is 0.760. The maximum atomic E-state index is 5.50. The lowest BCUT2D eigenvalue weighted by atomic mass is 10.2. The fourth-order valence-corrected chi connectivity index (χ4v) is 2.00. The SMILES string of the molecule is COCCOCCN1CCNc2ccccc21. The van der Waals surface area contributed by atoms with Gasteiger partial charge in [0, 0.05) is 26.7 Å². The summed E-state index contributed by atoms with van der Waals surface area (Å²) in [6, 6.07) is 8.40. The highest BCUT2D eigenvalue weighted by molar-refractivity contribution is 5.71. The van der Waals surface area contributed by atoms with Crippen LogP contribution in [0, 0.1) is 0 Å². The summed E-state index contributed by atoms with van der Waals surface area (Å²) < 4.78 is 10.4. The van der Waals surface area contributed by atoms with E-state index < -0.39 is 0 Å². The van der Waals surface area contributed by atoms with Crippen molar-refractivity contribution in [1.29, 1.82) is 0 Å². The second kappa shape index (κ2) is 6.47. The van der Waals surface area contributed by atoms with Crippen molar-refractivity contribution in [2.24, 2.45) is 0 Å². The summed E-state index contributed by atoms with van der Waals surface area (Å²) in [5, 5.41) is 3.40. The maximum absolute atomic E-state index is 5.50. The minimum Gasteiger partial charge on any atom is -0.382 e. The number of para-hydroxylation sites is 2. The normalized spacial score (nSPS) is 14.3. The lowest BCUT2D eigenvalue weighted by Gasteiger charge is -2.31. The van der Waals surface area contributed by atoms with Gasteiger partial charge in [-0.2, -0.15) is 0 Å². The first-order valence-electron chi connectivity index (χ1n) is 6.06. The summed E-state index contributed by atoms with van der Waals surface area (Å²) >= 11 is 0. The van der Waals surface area contributed by atoms with Crippen molar-refractivity contribution in [1.82, 2.24) is 0 Å². The number of benzene rings is 1. The molecule has 0 aromatic heterocycles. The Morgan fingerprint density at radius 3 is 3.00 bits per heavy atom. The average molecular weight is 236 g/mol. The van der Waals surface area contributed by atoms with Crippen molar-refractivity contribution in [2.45, 2.75) is 0 Å². The second-order valence-corrected chi connectivity index (χ2v) is 4.04. The number of hydrogen-bond donors (Lipinski definition) is 1. The standard InChI is InChI=1S/C13H20N2O2/c1-16-10-11-17-9-8-15-7-6-14-12-4-2-3-5-13(12)15/h2-5,14H,6-11H2,1H3. The molecule has 1 aliphatic heterocycles. The summed E-state index contributed by atoms with van der Waals surface area (Å²) in [5.41, 5.74) is 2.49. The molecule has 4 nitrogen and oxygen atoms in total. The van der Waals surface area contributed by atoms with E-state index >= 15 is 0 Å². The van der Waals surface area contributed by atoms with Gasteiger partial charge in [-0.05, 0) is 12.1 Å². The van der Waals surface area contributed by atoms with Crippen LogP contribution < -0.4 is 10.2 Å². The van der Waals surface area contributed by atoms with Gasteiger partial charge in [0.1, 0.15) is 0 Å². The summed E-state index contributed by atoms with van der Waals surface area (Å²) in [4.78, 5) is 2.36. The molecule has 0 radical (unpaired) electrons. The highest BCUT2D eigenvalue weighted by atomic mass is 16.5. The summed E-state index contributed by atoms with van der Waals surface area (Å²) in [5.74, 6) is 0. The van der Waals surface area contributed by atoms with E-state index in [9.17, 15) is 0 Å². The Bertz CT molecular complexity index is 344. The molecule has 0 unspecified atom stereocenters. The van der Waals surface area contributed by atoms with Gasteiger partial charge in [0.25, 0.3) is 0 Å². The molecule has 1 aliphatic rings. The molecule has 0 saturated carbocycles. The third-order valence-electron chi connectivity index (χ3n) is 2.88. The highest BCUT2D eigenvalue weighted by Crippen LogP contribution is 2.27. The van der Waals surface area contributed by atoms with E-state index in [0.29, 0.717) is 13.2 Å². The van der Waals surface area contributed by atoms with Crippen molar-refractivity contribution in [3.05, 3.63) is 24.3 Å². The predicted molar refractivity (Wildman–Crippen MR) is 69.8 cm³/mol. The van der Waals surface area contributed by atoms with Crippen LogP contribution in [0.15, 0.2) is 24.3 Å². The van der Waals surface area contributed by atoms with Gasteiger partial charge in [0.15, 0.2) is 0 Å². The molecule has 0 bridgehead atoms. The topological polar surface area (TPSA) is 33.7 Å². The molecule has 0 spiro atoms. The fourth-order valence-electron chi connectivity index (χ4n) is 2.00. The molecule has 0 atom stereocenters. The van der Waals surface area contributed by atoms with Crippen molar-refractivity contribution in [3.8, 4) is 0 Å². The van der Waals surface area contributed by atoms with Crippen LogP contribution in [0.5, 0.6) is 0 Å². The molecule has 17 heavy (non-hydrogen) atoms. The van der Waals surface area contributed by atoms with Gasteiger partial charge in [-0.25, -0.2) is 0 Å². The summed E-state index contributed by atoms with van der Waals surface area (Å²) in [6.45, 7) is 5.04. The number of methoxy groups -OCH3 is 1. The Morgan fingerprint density at radius 2 is 2.12 bits per heavy atom. The number of ether oxygens (including phenoxy) is 2. The Hall–Kier alpha value is -1.26. The van der Waals surface area contributed by atoms with Gasteiger partial charge in [-0.1, -0.05) is 12.1 Å². The van der Waals surface area contributed by atoms with E-state index in [4.69, 9.17) is 9.47 Å². The predicted octanol–water partition coefficient (Wildman–Crippen LogP) is 1.58. The molecular weight excluding hydrogens is 216 g/mol. The molecule has 94 valence electrons. The Balaban J connectivity index is 1.82. The lowest BCUT2D eigenvalue weighted by Crippen LogP contribution is -2.36. The third kappa shape index (κ3) is 3.35. The largest absolute Gasteiger partial charge is 0.382 e. The lowest BCUT2D eigenvalue weighted by molar-refractivity contribution is 0.0740. The number of fused-ring (bicyclic) bond motifs is 1. The van der Waals surface area contributed by atoms with Crippen LogP contribution >= 0.6 is 0 Å². The van der Waals surface area contributed by atoms with Crippen LogP contribution in [0.2, 0.25) is 0 Å². The van der Waals surface area contributed by atoms with E-state index in [-0.39, 0.29) is 0 Å². The molecule has 1 heterocycles. The van der Waals surface area contributed by atoms with Crippen LogP contribution in [0.3, 0.4) is 0 Å². The number of nitrogens with zero attached hydrogens (tertiary/aromatic N) is 1. The molecule has 1 N–H and O–H groups in total. The molecule has 1 aromatic carbocycles. The van der Waals surface area contributed by atoms with Crippen molar-refractivity contribution < 1.29 is 9.47 Å². The summed E-state index contributed by atoms with van der Waals surface area (Å²) in [6.07, 6.45) is 0. The van der Waals surface area contributed by atoms with Gasteiger partial charge < -0.3 is 19.7 Å². The minimum atomic E-state index is 0.665. The Kier molecular flexibility index (Phi) is 4.64. The molecule has 2 rings (SSSR count). The van der Waals surface area contributed by atoms with Gasteiger partial charge in [0.2, 0.25) is 0 Å². The number of hydrogen-bond acceptors (Lipinski definition) is 4. The first-order valence-corrected chi connectivity index (χ1v) is 6.06. The number of rotatable bonds is 6. The van der Waals surface area contributed by atoms with Crippen LogP contribution in [-0.4, -0.2) is 46.6 Å². The van der Waals surface area contributed by atoms with E-state index in [1.54, 1.807) is 7.11 Å². The van der Waals surface area contributed by atoms with Gasteiger partial charge in [0.05, 0.1) is 31.2 Å². The second-order valence-electron chi connectivity index (χ2n) is 4.04. The highest BCUT2D eigenvalue weighted by Gasteiger charge is 2.14. The monoisotopic (exact) mass is 236 g/mol. The molecule has 4 heteroatoms. The van der Waals surface area contributed by atoms with E-state index in [1.165, 1.54) is 11.4 Å². The summed E-state index contributed by atoms with van der Waals surface area (Å²) in [7, 11) is 1.69. The van der Waals surface area contributed by atoms with E-state index in [1.807, 2.05) is 0 Å². The Morgan fingerprint density at radius 1 is 1.24 bits per heavy atom. The zero-order valence-corrected chi connectivity index (χ0v) is 10.3. The first-order chi connectivity index (χ1) is 8.42. The Labute approximate surface area is 103 Å². The first kappa shape index (κ1) is 12.2. The average Bonchev–Trinajstić information content (AvgIpc) is 2.39. The van der Waals surface area contributed by atoms with Gasteiger partial charge in [-0.3, -0.25) is 0 Å². The molecule has 1 aromatic rings. The molecular formula is C13H20N2O2. The molecule has 0 aliphatic carbocycles. The van der Waals surface area contributed by atoms with Crippen LogP contribution in [-0.2, 0) is 9.47 Å². The molecule has 0 amide bonds. The van der Waals surface area contributed by atoms with Crippen LogP contribution in [0.25, 0.3) is 0 Å². The van der Waals surface area contributed by atoms with Crippen molar-refractivity contribution in [3.63, 3.8) is 0 Å². The fraction of sp³-hybridized carbons (Fsp3) is 0.538. The van der Waals surface area contributed by atoms with Crippen molar-refractivity contribution in [2.75, 3.05) is 56.8 Å². The zero-order chi connectivity index (χ0) is 11.9. The zero-order valence-electron chi connectivity index (χ0n) is 10.3. The number of nitrogens with one attached hydrogen (secondary N) is 1. The van der Waals surface area contributed by atoms with Crippen molar-refractivity contribution >= 4 is 11.4 Å². The minimum absolute atomic E-state index is 0.665. The number of anilines is 2. The van der Waals surface area contributed by atoms with E-state index in [2.05, 4.69) is 34.5 Å². The van der Waals surface area contributed by atoms with Crippen LogP contribution in [0.1, 0.15) is 0 Å². The smallest absolute Gasteiger partial charge is 0.0701 e.